The van der Waals surface area contributed by atoms with E-state index in [1.807, 2.05) is 0 Å². The maximum Gasteiger partial charge on any atom is 0.311 e. The molecule has 1 rings (SSSR count). The van der Waals surface area contributed by atoms with Gasteiger partial charge in [0.15, 0.2) is 5.75 Å². The lowest BCUT2D eigenvalue weighted by atomic mass is 10.2. The average Bonchev–Trinajstić information content (AvgIpc) is 2.43. The molecule has 1 aromatic rings. The summed E-state index contributed by atoms with van der Waals surface area (Å²) in [6, 6.07) is 4.72. The molecule has 0 aromatic heterocycles. The lowest BCUT2D eigenvalue weighted by Gasteiger charge is -2.09. The van der Waals surface area contributed by atoms with Gasteiger partial charge in [-0.2, -0.15) is 0 Å². The third-order valence-electron chi connectivity index (χ3n) is 2.50. The Morgan fingerprint density at radius 2 is 2.25 bits per heavy atom. The van der Waals surface area contributed by atoms with Gasteiger partial charge in [-0.15, -0.1) is 6.58 Å². The molecule has 0 aliphatic carbocycles. The number of rotatable bonds is 10. The lowest BCUT2D eigenvalue weighted by Crippen LogP contribution is -2.10. The van der Waals surface area contributed by atoms with Gasteiger partial charge >= 0.3 is 5.69 Å². The summed E-state index contributed by atoms with van der Waals surface area (Å²) in [5, 5.41) is 14.0. The van der Waals surface area contributed by atoms with Gasteiger partial charge in [0.1, 0.15) is 0 Å². The fourth-order valence-corrected chi connectivity index (χ4v) is 1.58. The first-order chi connectivity index (χ1) is 9.69. The third-order valence-corrected chi connectivity index (χ3v) is 2.50. The molecule has 1 aromatic carbocycles. The number of hydrogen-bond acceptors (Lipinski definition) is 5. The van der Waals surface area contributed by atoms with Gasteiger partial charge in [-0.1, -0.05) is 6.08 Å². The molecule has 0 spiro atoms. The molecule has 0 fully saturated rings. The van der Waals surface area contributed by atoms with Crippen LogP contribution in [-0.2, 0) is 4.74 Å². The Morgan fingerprint density at radius 1 is 1.45 bits per heavy atom. The van der Waals surface area contributed by atoms with Crippen LogP contribution in [-0.4, -0.2) is 31.3 Å². The van der Waals surface area contributed by atoms with Crippen LogP contribution in [0.1, 0.15) is 13.3 Å². The first kappa shape index (κ1) is 16.0. The van der Waals surface area contributed by atoms with Gasteiger partial charge in [0.25, 0.3) is 0 Å². The monoisotopic (exact) mass is 280 g/mol. The van der Waals surface area contributed by atoms with Crippen molar-refractivity contribution in [2.75, 3.05) is 31.7 Å². The van der Waals surface area contributed by atoms with Crippen LogP contribution in [0.15, 0.2) is 30.9 Å². The summed E-state index contributed by atoms with van der Waals surface area (Å²) in [4.78, 5) is 10.4. The van der Waals surface area contributed by atoms with E-state index in [1.165, 1.54) is 6.07 Å². The molecule has 0 bridgehead atoms. The number of anilines is 1. The number of nitrogens with zero attached hydrogens (tertiary/aromatic N) is 1. The van der Waals surface area contributed by atoms with E-state index < -0.39 is 4.92 Å². The molecule has 0 aliphatic heterocycles. The topological polar surface area (TPSA) is 73.6 Å². The minimum Gasteiger partial charge on any atom is -0.487 e. The second-order valence-electron chi connectivity index (χ2n) is 3.99. The molecule has 0 radical (unpaired) electrons. The highest BCUT2D eigenvalue weighted by Crippen LogP contribution is 2.29. The van der Waals surface area contributed by atoms with Crippen LogP contribution in [0.5, 0.6) is 5.75 Å². The van der Waals surface area contributed by atoms with Crippen molar-refractivity contribution >= 4 is 11.4 Å². The molecule has 110 valence electrons. The number of ether oxygens (including phenoxy) is 2. The number of nitro benzene ring substituents is 1. The summed E-state index contributed by atoms with van der Waals surface area (Å²) >= 11 is 0. The van der Waals surface area contributed by atoms with E-state index in [0.29, 0.717) is 26.4 Å². The largest absolute Gasteiger partial charge is 0.487 e. The lowest BCUT2D eigenvalue weighted by molar-refractivity contribution is -0.385. The third kappa shape index (κ3) is 5.27. The predicted molar refractivity (Wildman–Crippen MR) is 78.4 cm³/mol. The van der Waals surface area contributed by atoms with Crippen LogP contribution in [0.2, 0.25) is 0 Å². The molecule has 0 amide bonds. The Morgan fingerprint density at radius 3 is 2.90 bits per heavy atom. The van der Waals surface area contributed by atoms with E-state index in [9.17, 15) is 10.1 Å². The maximum absolute atomic E-state index is 10.8. The summed E-state index contributed by atoms with van der Waals surface area (Å²) in [6.45, 7) is 7.62. The summed E-state index contributed by atoms with van der Waals surface area (Å²) < 4.78 is 10.6. The fraction of sp³-hybridized carbons (Fsp3) is 0.429. The van der Waals surface area contributed by atoms with Crippen LogP contribution >= 0.6 is 0 Å². The smallest absolute Gasteiger partial charge is 0.311 e. The van der Waals surface area contributed by atoms with Crippen molar-refractivity contribution in [3.63, 3.8) is 0 Å². The molecule has 0 saturated carbocycles. The van der Waals surface area contributed by atoms with Crippen molar-refractivity contribution in [3.05, 3.63) is 41.0 Å². The van der Waals surface area contributed by atoms with Gasteiger partial charge in [0, 0.05) is 24.4 Å². The number of nitrogens with one attached hydrogen (secondary N) is 1. The second kappa shape index (κ2) is 8.92. The van der Waals surface area contributed by atoms with Gasteiger partial charge in [-0.3, -0.25) is 10.1 Å². The van der Waals surface area contributed by atoms with Gasteiger partial charge in [-0.25, -0.2) is 0 Å². The van der Waals surface area contributed by atoms with E-state index in [2.05, 4.69) is 11.9 Å². The van der Waals surface area contributed by atoms with Crippen molar-refractivity contribution in [1.82, 2.24) is 0 Å². The molecule has 0 atom stereocenters. The van der Waals surface area contributed by atoms with E-state index in [4.69, 9.17) is 9.47 Å². The molecule has 0 unspecified atom stereocenters. The number of hydrogen-bond donors (Lipinski definition) is 1. The maximum atomic E-state index is 10.8. The van der Waals surface area contributed by atoms with Crippen molar-refractivity contribution < 1.29 is 14.4 Å². The minimum absolute atomic E-state index is 0.0281. The van der Waals surface area contributed by atoms with Crippen molar-refractivity contribution in [2.45, 2.75) is 13.3 Å². The van der Waals surface area contributed by atoms with E-state index in [0.717, 1.165) is 12.1 Å². The predicted octanol–water partition coefficient (Wildman–Crippen LogP) is 3.00. The molecule has 20 heavy (non-hydrogen) atoms. The Balaban J connectivity index is 2.52. The minimum atomic E-state index is -0.451. The van der Waals surface area contributed by atoms with Gasteiger partial charge in [0.05, 0.1) is 24.7 Å². The Hall–Kier alpha value is -2.08. The van der Waals surface area contributed by atoms with Gasteiger partial charge in [-0.05, 0) is 19.4 Å². The molecule has 0 saturated heterocycles. The summed E-state index contributed by atoms with van der Waals surface area (Å²) in [5.41, 5.74) is 0.742. The molecule has 6 nitrogen and oxygen atoms in total. The SMILES string of the molecule is C=CCCOCCNc1ccc([N+](=O)[O-])c(OCC)c1. The average molecular weight is 280 g/mol. The number of nitro groups is 1. The quantitative estimate of drug-likeness (QED) is 0.309. The Kier molecular flexibility index (Phi) is 7.13. The van der Waals surface area contributed by atoms with Crippen LogP contribution in [0.25, 0.3) is 0 Å². The zero-order chi connectivity index (χ0) is 14.8. The summed E-state index contributed by atoms with van der Waals surface area (Å²) in [7, 11) is 0. The van der Waals surface area contributed by atoms with E-state index in [1.54, 1.807) is 25.1 Å². The molecular weight excluding hydrogens is 260 g/mol. The summed E-state index contributed by atoms with van der Waals surface area (Å²) in [6.07, 6.45) is 2.63. The summed E-state index contributed by atoms with van der Waals surface area (Å²) in [5.74, 6) is 0.273. The molecule has 0 aliphatic rings. The van der Waals surface area contributed by atoms with Gasteiger partial charge in [0.2, 0.25) is 0 Å². The normalized spacial score (nSPS) is 10.1. The second-order valence-corrected chi connectivity index (χ2v) is 3.99. The fourth-order valence-electron chi connectivity index (χ4n) is 1.58. The Labute approximate surface area is 118 Å². The van der Waals surface area contributed by atoms with Crippen molar-refractivity contribution in [1.29, 1.82) is 0 Å². The number of benzene rings is 1. The molecule has 0 heterocycles. The highest BCUT2D eigenvalue weighted by Gasteiger charge is 2.14. The highest BCUT2D eigenvalue weighted by molar-refractivity contribution is 5.57. The molecule has 1 N–H and O–H groups in total. The van der Waals surface area contributed by atoms with Crippen LogP contribution in [0.3, 0.4) is 0 Å². The first-order valence-electron chi connectivity index (χ1n) is 6.52. The first-order valence-corrected chi connectivity index (χ1v) is 6.52. The van der Waals surface area contributed by atoms with Gasteiger partial charge < -0.3 is 14.8 Å². The molecule has 6 heteroatoms. The standard InChI is InChI=1S/C14H20N2O4/c1-3-5-9-19-10-8-15-12-6-7-13(16(17)18)14(11-12)20-4-2/h3,6-7,11,15H,1,4-5,8-10H2,2H3. The van der Waals surface area contributed by atoms with Crippen LogP contribution in [0.4, 0.5) is 11.4 Å². The van der Waals surface area contributed by atoms with E-state index in [-0.39, 0.29) is 11.4 Å². The highest BCUT2D eigenvalue weighted by atomic mass is 16.6. The van der Waals surface area contributed by atoms with Crippen LogP contribution < -0.4 is 10.1 Å². The van der Waals surface area contributed by atoms with Crippen molar-refractivity contribution in [3.8, 4) is 5.75 Å². The van der Waals surface area contributed by atoms with Crippen molar-refractivity contribution in [2.24, 2.45) is 0 Å². The zero-order valence-electron chi connectivity index (χ0n) is 11.6. The zero-order valence-corrected chi connectivity index (χ0v) is 11.6. The van der Waals surface area contributed by atoms with E-state index >= 15 is 0 Å². The molecular formula is C14H20N2O4. The van der Waals surface area contributed by atoms with Crippen LogP contribution in [0, 0.1) is 10.1 Å². The Bertz CT molecular complexity index is 449.